The van der Waals surface area contributed by atoms with Gasteiger partial charge in [-0.2, -0.15) is 0 Å². The molecule has 0 aliphatic heterocycles. The Kier molecular flexibility index (Phi) is 65.1. The summed E-state index contributed by atoms with van der Waals surface area (Å²) in [6.45, 7) is 6.53. The van der Waals surface area contributed by atoms with Crippen LogP contribution >= 0.6 is 0 Å². The normalized spacial score (nSPS) is 12.4. The third-order valence-electron chi connectivity index (χ3n) is 15.5. The quantitative estimate of drug-likeness (QED) is 0.0261. The lowest BCUT2D eigenvalue weighted by atomic mass is 10.0. The number of allylic oxidation sites excluding steroid dienone is 10. The molecule has 0 saturated carbocycles. The summed E-state index contributed by atoms with van der Waals surface area (Å²) in [5.74, 6) is -0.923. The van der Waals surface area contributed by atoms with Crippen LogP contribution in [0.4, 0.5) is 0 Å². The van der Waals surface area contributed by atoms with Gasteiger partial charge < -0.3 is 14.2 Å². The fourth-order valence-corrected chi connectivity index (χ4v) is 10.3. The molecular formula is C73H132O6. The van der Waals surface area contributed by atoms with Gasteiger partial charge in [0.25, 0.3) is 0 Å². The minimum absolute atomic E-state index is 0.0905. The molecule has 1 atom stereocenters. The molecule has 6 nitrogen and oxygen atoms in total. The molecule has 0 heterocycles. The second kappa shape index (κ2) is 67.6. The number of unbranched alkanes of at least 4 members (excludes halogenated alkanes) is 43. The predicted octanol–water partition coefficient (Wildman–Crippen LogP) is 23.9. The molecule has 460 valence electrons. The Hall–Kier alpha value is -2.89. The maximum atomic E-state index is 12.9. The molecular weight excluding hydrogens is 973 g/mol. The number of esters is 3. The maximum absolute atomic E-state index is 12.9. The maximum Gasteiger partial charge on any atom is 0.306 e. The molecule has 0 aromatic heterocycles. The lowest BCUT2D eigenvalue weighted by molar-refractivity contribution is -0.167. The van der Waals surface area contributed by atoms with Crippen molar-refractivity contribution in [2.24, 2.45) is 0 Å². The van der Waals surface area contributed by atoms with Crippen molar-refractivity contribution in [1.82, 2.24) is 0 Å². The van der Waals surface area contributed by atoms with Gasteiger partial charge >= 0.3 is 17.9 Å². The summed E-state index contributed by atoms with van der Waals surface area (Å²) in [4.78, 5) is 38.3. The van der Waals surface area contributed by atoms with Crippen LogP contribution in [-0.2, 0) is 28.6 Å². The zero-order valence-electron chi connectivity index (χ0n) is 52.9. The van der Waals surface area contributed by atoms with Crippen molar-refractivity contribution in [2.45, 2.75) is 374 Å². The first-order valence-electron chi connectivity index (χ1n) is 34.8. The van der Waals surface area contributed by atoms with E-state index in [0.29, 0.717) is 19.3 Å². The third kappa shape index (κ3) is 65.8. The van der Waals surface area contributed by atoms with Crippen LogP contribution in [0.25, 0.3) is 0 Å². The van der Waals surface area contributed by atoms with Gasteiger partial charge in [0.2, 0.25) is 0 Å². The van der Waals surface area contributed by atoms with Gasteiger partial charge in [0, 0.05) is 19.3 Å². The van der Waals surface area contributed by atoms with Gasteiger partial charge in [0.05, 0.1) is 0 Å². The molecule has 0 saturated heterocycles. The Morgan fingerprint density at radius 1 is 0.266 bits per heavy atom. The number of rotatable bonds is 64. The molecule has 0 fully saturated rings. The summed E-state index contributed by atoms with van der Waals surface area (Å²) < 4.78 is 16.9. The van der Waals surface area contributed by atoms with E-state index in [2.05, 4.69) is 81.5 Å². The van der Waals surface area contributed by atoms with Gasteiger partial charge in [-0.05, 0) is 83.5 Å². The highest BCUT2D eigenvalue weighted by atomic mass is 16.6. The highest BCUT2D eigenvalue weighted by Crippen LogP contribution is 2.18. The van der Waals surface area contributed by atoms with Crippen molar-refractivity contribution in [3.8, 4) is 0 Å². The summed E-state index contributed by atoms with van der Waals surface area (Å²) in [5.41, 5.74) is 0. The largest absolute Gasteiger partial charge is 0.462 e. The smallest absolute Gasteiger partial charge is 0.306 e. The fraction of sp³-hybridized carbons (Fsp3) is 0.822. The molecule has 0 aromatic rings. The van der Waals surface area contributed by atoms with E-state index in [-0.39, 0.29) is 37.5 Å². The molecule has 0 aliphatic carbocycles. The lowest BCUT2D eigenvalue weighted by Crippen LogP contribution is -2.30. The molecule has 79 heavy (non-hydrogen) atoms. The van der Waals surface area contributed by atoms with Crippen LogP contribution < -0.4 is 0 Å². The Bertz CT molecular complexity index is 1410. The average molecular weight is 1110 g/mol. The van der Waals surface area contributed by atoms with E-state index in [1.165, 1.54) is 238 Å². The van der Waals surface area contributed by atoms with Crippen molar-refractivity contribution < 1.29 is 28.6 Å². The van der Waals surface area contributed by atoms with Gasteiger partial charge in [-0.1, -0.05) is 326 Å². The molecule has 0 N–H and O–H groups in total. The minimum atomic E-state index is -0.799. The van der Waals surface area contributed by atoms with Crippen molar-refractivity contribution >= 4 is 17.9 Å². The predicted molar refractivity (Wildman–Crippen MR) is 344 cm³/mol. The standard InChI is InChI=1S/C73H132O6/c1-4-7-10-13-16-19-22-25-28-29-30-31-32-33-34-35-36-37-38-39-40-41-42-43-44-46-48-51-54-57-60-63-66-72(75)78-69-70(68-77-71(74)65-62-59-56-53-50-47-27-24-21-18-15-12-9-6-3)79-73(76)67-64-61-58-55-52-49-45-26-23-20-17-14-11-8-5-2/h8,11,17,20,24,26-27,45,52,55,70H,4-7,9-10,12-16,18-19,21-23,25,28-44,46-51,53-54,56-69H2,1-3H3/b11-8-,20-17-,27-24-,45-26-,55-52-. The van der Waals surface area contributed by atoms with E-state index in [9.17, 15) is 14.4 Å². The Balaban J connectivity index is 4.14. The average Bonchev–Trinajstić information content (AvgIpc) is 3.45. The van der Waals surface area contributed by atoms with Crippen LogP contribution in [0, 0.1) is 0 Å². The highest BCUT2D eigenvalue weighted by Gasteiger charge is 2.19. The van der Waals surface area contributed by atoms with E-state index >= 15 is 0 Å². The molecule has 0 bridgehead atoms. The van der Waals surface area contributed by atoms with E-state index < -0.39 is 6.10 Å². The monoisotopic (exact) mass is 1110 g/mol. The van der Waals surface area contributed by atoms with Crippen LogP contribution in [0.5, 0.6) is 0 Å². The Morgan fingerprint density at radius 3 is 0.810 bits per heavy atom. The molecule has 6 heteroatoms. The zero-order chi connectivity index (χ0) is 57.1. The SMILES string of the molecule is CC/C=C\C/C=C\C/C=C\C/C=C\CCCCC(=O)OC(COC(=O)CCCCCCC/C=C\CCCCCCC)COC(=O)CCCCCCCCCCCCCCCCCCCCCCCCCCCCCCCCCC. The topological polar surface area (TPSA) is 78.9 Å². The van der Waals surface area contributed by atoms with Crippen LogP contribution in [0.2, 0.25) is 0 Å². The number of carbonyl (C=O) groups excluding carboxylic acids is 3. The van der Waals surface area contributed by atoms with Gasteiger partial charge in [-0.15, -0.1) is 0 Å². The van der Waals surface area contributed by atoms with Crippen LogP contribution in [-0.4, -0.2) is 37.2 Å². The number of hydrogen-bond acceptors (Lipinski definition) is 6. The van der Waals surface area contributed by atoms with Gasteiger partial charge in [-0.25, -0.2) is 0 Å². The first kappa shape index (κ1) is 76.1. The van der Waals surface area contributed by atoms with E-state index in [0.717, 1.165) is 83.5 Å². The van der Waals surface area contributed by atoms with Crippen LogP contribution in [0.15, 0.2) is 60.8 Å². The molecule has 0 aromatic carbocycles. The number of carbonyl (C=O) groups is 3. The molecule has 0 amide bonds. The molecule has 0 spiro atoms. The van der Waals surface area contributed by atoms with Crippen LogP contribution in [0.3, 0.4) is 0 Å². The molecule has 0 aliphatic rings. The summed E-state index contributed by atoms with van der Waals surface area (Å²) in [6, 6.07) is 0. The second-order valence-electron chi connectivity index (χ2n) is 23.4. The van der Waals surface area contributed by atoms with Gasteiger partial charge in [-0.3, -0.25) is 14.4 Å². The third-order valence-corrected chi connectivity index (χ3v) is 15.5. The fourth-order valence-electron chi connectivity index (χ4n) is 10.3. The van der Waals surface area contributed by atoms with E-state index in [1.54, 1.807) is 0 Å². The van der Waals surface area contributed by atoms with E-state index in [1.807, 2.05) is 0 Å². The van der Waals surface area contributed by atoms with Gasteiger partial charge in [0.1, 0.15) is 13.2 Å². The van der Waals surface area contributed by atoms with Crippen molar-refractivity contribution in [3.63, 3.8) is 0 Å². The van der Waals surface area contributed by atoms with Crippen LogP contribution in [0.1, 0.15) is 367 Å². The first-order valence-corrected chi connectivity index (χ1v) is 34.8. The van der Waals surface area contributed by atoms with Crippen molar-refractivity contribution in [3.05, 3.63) is 60.8 Å². The summed E-state index contributed by atoms with van der Waals surface area (Å²) in [6.07, 6.45) is 87.1. The molecule has 1 unspecified atom stereocenters. The summed E-state index contributed by atoms with van der Waals surface area (Å²) >= 11 is 0. The van der Waals surface area contributed by atoms with E-state index in [4.69, 9.17) is 14.2 Å². The number of ether oxygens (including phenoxy) is 3. The second-order valence-corrected chi connectivity index (χ2v) is 23.4. The Labute approximate surface area is 491 Å². The van der Waals surface area contributed by atoms with Crippen molar-refractivity contribution in [2.75, 3.05) is 13.2 Å². The molecule has 0 rings (SSSR count). The summed E-state index contributed by atoms with van der Waals surface area (Å²) in [5, 5.41) is 0. The molecule has 0 radical (unpaired) electrons. The number of hydrogen-bond donors (Lipinski definition) is 0. The summed E-state index contributed by atoms with van der Waals surface area (Å²) in [7, 11) is 0. The minimum Gasteiger partial charge on any atom is -0.462 e. The first-order chi connectivity index (χ1) is 39.0. The lowest BCUT2D eigenvalue weighted by Gasteiger charge is -2.18. The zero-order valence-corrected chi connectivity index (χ0v) is 52.9. The van der Waals surface area contributed by atoms with Crippen molar-refractivity contribution in [1.29, 1.82) is 0 Å². The Morgan fingerprint density at radius 2 is 0.494 bits per heavy atom. The van der Waals surface area contributed by atoms with Gasteiger partial charge in [0.15, 0.2) is 6.10 Å². The highest BCUT2D eigenvalue weighted by molar-refractivity contribution is 5.71.